The molecule has 1 aromatic heterocycles. The molecule has 1 aromatic carbocycles. The van der Waals surface area contributed by atoms with E-state index in [4.69, 9.17) is 4.74 Å². The second kappa shape index (κ2) is 6.93. The van der Waals surface area contributed by atoms with E-state index in [1.54, 1.807) is 7.11 Å². The quantitative estimate of drug-likeness (QED) is 0.891. The number of ether oxygens (including phenoxy) is 1. The third-order valence-electron chi connectivity index (χ3n) is 4.17. The minimum Gasteiger partial charge on any atom is -0.497 e. The number of aromatic nitrogens is 2. The van der Waals surface area contributed by atoms with Crippen molar-refractivity contribution in [2.75, 3.05) is 25.1 Å². The number of aliphatic hydroxyl groups is 2. The second-order valence-corrected chi connectivity index (χ2v) is 5.69. The van der Waals surface area contributed by atoms with Gasteiger partial charge in [-0.3, -0.25) is 0 Å². The highest BCUT2D eigenvalue weighted by molar-refractivity contribution is 5.42. The molecule has 1 atom stereocenters. The van der Waals surface area contributed by atoms with E-state index in [-0.39, 0.29) is 6.10 Å². The fourth-order valence-electron chi connectivity index (χ4n) is 2.74. The van der Waals surface area contributed by atoms with Gasteiger partial charge in [-0.05, 0) is 30.5 Å². The Balaban J connectivity index is 1.78. The summed E-state index contributed by atoms with van der Waals surface area (Å²) in [5, 5.41) is 20.1. The van der Waals surface area contributed by atoms with Gasteiger partial charge in [0.05, 0.1) is 18.9 Å². The Labute approximate surface area is 135 Å². The van der Waals surface area contributed by atoms with Gasteiger partial charge in [-0.1, -0.05) is 12.1 Å². The molecule has 1 aliphatic rings. The Bertz CT molecular complexity index is 640. The number of hydrogen-bond acceptors (Lipinski definition) is 6. The van der Waals surface area contributed by atoms with Crippen LogP contribution >= 0.6 is 0 Å². The van der Waals surface area contributed by atoms with Crippen LogP contribution in [0.1, 0.15) is 30.2 Å². The van der Waals surface area contributed by atoms with Crippen molar-refractivity contribution < 1.29 is 14.9 Å². The van der Waals surface area contributed by atoms with E-state index < -0.39 is 6.10 Å². The Morgan fingerprint density at radius 1 is 1.17 bits per heavy atom. The molecule has 1 saturated heterocycles. The van der Waals surface area contributed by atoms with E-state index in [1.807, 2.05) is 30.3 Å². The molecule has 0 bridgehead atoms. The zero-order chi connectivity index (χ0) is 16.2. The lowest BCUT2D eigenvalue weighted by Crippen LogP contribution is -2.36. The average Bonchev–Trinajstić information content (AvgIpc) is 2.62. The first kappa shape index (κ1) is 15.7. The normalized spacial score (nSPS) is 17.1. The first-order valence-corrected chi connectivity index (χ1v) is 7.74. The molecule has 1 aliphatic heterocycles. The molecular formula is C17H21N3O3. The Kier molecular flexibility index (Phi) is 4.73. The fourth-order valence-corrected chi connectivity index (χ4v) is 2.74. The van der Waals surface area contributed by atoms with Gasteiger partial charge in [0.1, 0.15) is 24.0 Å². The minimum absolute atomic E-state index is 0.225. The van der Waals surface area contributed by atoms with Gasteiger partial charge in [0.15, 0.2) is 0 Å². The number of nitrogens with zero attached hydrogens (tertiary/aromatic N) is 3. The lowest BCUT2D eigenvalue weighted by molar-refractivity contribution is 0.145. The van der Waals surface area contributed by atoms with Gasteiger partial charge in [0.2, 0.25) is 0 Å². The minimum atomic E-state index is -0.807. The van der Waals surface area contributed by atoms with E-state index in [9.17, 15) is 10.2 Å². The van der Waals surface area contributed by atoms with Gasteiger partial charge in [-0.25, -0.2) is 9.97 Å². The third-order valence-corrected chi connectivity index (χ3v) is 4.17. The van der Waals surface area contributed by atoms with Gasteiger partial charge in [0, 0.05) is 19.2 Å². The largest absolute Gasteiger partial charge is 0.497 e. The first-order chi connectivity index (χ1) is 11.2. The molecule has 2 heterocycles. The predicted molar refractivity (Wildman–Crippen MR) is 86.5 cm³/mol. The van der Waals surface area contributed by atoms with Crippen molar-refractivity contribution in [3.8, 4) is 5.75 Å². The Morgan fingerprint density at radius 3 is 2.52 bits per heavy atom. The topological polar surface area (TPSA) is 78.7 Å². The average molecular weight is 315 g/mol. The molecule has 0 radical (unpaired) electrons. The maximum Gasteiger partial charge on any atom is 0.132 e. The molecule has 2 aromatic rings. The van der Waals surface area contributed by atoms with Crippen LogP contribution in [0.15, 0.2) is 36.7 Å². The molecule has 3 rings (SSSR count). The molecule has 1 unspecified atom stereocenters. The van der Waals surface area contributed by atoms with Crippen LogP contribution in [0.3, 0.4) is 0 Å². The summed E-state index contributed by atoms with van der Waals surface area (Å²) < 4.78 is 5.13. The lowest BCUT2D eigenvalue weighted by atomic mass is 10.1. The standard InChI is InChI=1S/C17H21N3O3/c1-23-14-4-2-12(3-5-14)17(22)15-10-16(19-11-18-15)20-8-6-13(21)7-9-20/h2-5,10-11,13,17,21-22H,6-9H2,1H3. The third kappa shape index (κ3) is 3.60. The molecule has 1 fully saturated rings. The first-order valence-electron chi connectivity index (χ1n) is 7.74. The summed E-state index contributed by atoms with van der Waals surface area (Å²) in [5.74, 6) is 1.53. The molecule has 23 heavy (non-hydrogen) atoms. The van der Waals surface area contributed by atoms with Gasteiger partial charge in [-0.2, -0.15) is 0 Å². The summed E-state index contributed by atoms with van der Waals surface area (Å²) >= 11 is 0. The SMILES string of the molecule is COc1ccc(C(O)c2cc(N3CCC(O)CC3)ncn2)cc1. The number of hydrogen-bond donors (Lipinski definition) is 2. The number of rotatable bonds is 4. The number of benzene rings is 1. The summed E-state index contributed by atoms with van der Waals surface area (Å²) in [4.78, 5) is 10.6. The molecule has 0 saturated carbocycles. The van der Waals surface area contributed by atoms with Crippen molar-refractivity contribution in [1.29, 1.82) is 0 Å². The van der Waals surface area contributed by atoms with Gasteiger partial charge in [0.25, 0.3) is 0 Å². The van der Waals surface area contributed by atoms with Gasteiger partial charge >= 0.3 is 0 Å². The smallest absolute Gasteiger partial charge is 0.132 e. The summed E-state index contributed by atoms with van der Waals surface area (Å²) in [6.07, 6.45) is 1.92. The number of piperidine rings is 1. The molecule has 0 aliphatic carbocycles. The predicted octanol–water partition coefficient (Wildman–Crippen LogP) is 1.53. The van der Waals surface area contributed by atoms with E-state index in [2.05, 4.69) is 14.9 Å². The fraction of sp³-hybridized carbons (Fsp3) is 0.412. The maximum atomic E-state index is 10.5. The highest BCUT2D eigenvalue weighted by Gasteiger charge is 2.20. The van der Waals surface area contributed by atoms with E-state index in [1.165, 1.54) is 6.33 Å². The van der Waals surface area contributed by atoms with Crippen LogP contribution in [0, 0.1) is 0 Å². The van der Waals surface area contributed by atoms with Crippen LogP contribution in [-0.4, -0.2) is 46.5 Å². The van der Waals surface area contributed by atoms with Crippen LogP contribution in [0.4, 0.5) is 5.82 Å². The van der Waals surface area contributed by atoms with Crippen LogP contribution in [0.2, 0.25) is 0 Å². The Morgan fingerprint density at radius 2 is 1.87 bits per heavy atom. The second-order valence-electron chi connectivity index (χ2n) is 5.69. The van der Waals surface area contributed by atoms with Crippen molar-refractivity contribution in [3.05, 3.63) is 47.9 Å². The highest BCUT2D eigenvalue weighted by atomic mass is 16.5. The highest BCUT2D eigenvalue weighted by Crippen LogP contribution is 2.25. The summed E-state index contributed by atoms with van der Waals surface area (Å²) in [6.45, 7) is 1.52. The van der Waals surface area contributed by atoms with Crippen LogP contribution in [0.5, 0.6) is 5.75 Å². The van der Waals surface area contributed by atoms with E-state index in [0.717, 1.165) is 43.1 Å². The summed E-state index contributed by atoms with van der Waals surface area (Å²) in [5.41, 5.74) is 1.32. The number of aliphatic hydroxyl groups excluding tert-OH is 2. The maximum absolute atomic E-state index is 10.5. The van der Waals surface area contributed by atoms with Gasteiger partial charge in [-0.15, -0.1) is 0 Å². The van der Waals surface area contributed by atoms with Crippen LogP contribution < -0.4 is 9.64 Å². The molecule has 0 spiro atoms. The van der Waals surface area contributed by atoms with Crippen molar-refractivity contribution in [3.63, 3.8) is 0 Å². The zero-order valence-corrected chi connectivity index (χ0v) is 13.1. The van der Waals surface area contributed by atoms with E-state index in [0.29, 0.717) is 5.69 Å². The van der Waals surface area contributed by atoms with E-state index >= 15 is 0 Å². The zero-order valence-electron chi connectivity index (χ0n) is 13.1. The van der Waals surface area contributed by atoms with Crippen molar-refractivity contribution in [2.24, 2.45) is 0 Å². The van der Waals surface area contributed by atoms with Crippen LogP contribution in [0.25, 0.3) is 0 Å². The van der Waals surface area contributed by atoms with Gasteiger partial charge < -0.3 is 19.8 Å². The molecule has 0 amide bonds. The summed E-state index contributed by atoms with van der Waals surface area (Å²) in [7, 11) is 1.61. The molecule has 6 heteroatoms. The molecule has 122 valence electrons. The van der Waals surface area contributed by atoms with Crippen LogP contribution in [-0.2, 0) is 0 Å². The summed E-state index contributed by atoms with van der Waals surface area (Å²) in [6, 6.07) is 9.08. The monoisotopic (exact) mass is 315 g/mol. The molecular weight excluding hydrogens is 294 g/mol. The van der Waals surface area contributed by atoms with Crippen molar-refractivity contribution >= 4 is 5.82 Å². The number of methoxy groups -OCH3 is 1. The lowest BCUT2D eigenvalue weighted by Gasteiger charge is -2.30. The van der Waals surface area contributed by atoms with Crippen molar-refractivity contribution in [1.82, 2.24) is 9.97 Å². The molecule has 2 N–H and O–H groups in total. The number of anilines is 1. The Hall–Kier alpha value is -2.18. The van der Waals surface area contributed by atoms with Crippen molar-refractivity contribution in [2.45, 2.75) is 25.0 Å². The molecule has 6 nitrogen and oxygen atoms in total.